The first kappa shape index (κ1) is 26.8. The van der Waals surface area contributed by atoms with Crippen LogP contribution in [0.3, 0.4) is 0 Å². The molecule has 2 aliphatic heterocycles. The van der Waals surface area contributed by atoms with E-state index in [0.717, 1.165) is 38.2 Å². The van der Waals surface area contributed by atoms with Gasteiger partial charge >= 0.3 is 6.18 Å². The Morgan fingerprint density at radius 1 is 1.15 bits per heavy atom. The van der Waals surface area contributed by atoms with E-state index in [4.69, 9.17) is 4.74 Å². The van der Waals surface area contributed by atoms with Crippen LogP contribution in [0.25, 0.3) is 5.69 Å². The number of nitrogens with zero attached hydrogens (tertiary/aromatic N) is 5. The molecule has 4 heterocycles. The Kier molecular flexibility index (Phi) is 7.18. The maximum Gasteiger partial charge on any atom is 0.416 e. The first-order valence-corrected chi connectivity index (χ1v) is 12.9. The zero-order valence-electron chi connectivity index (χ0n) is 21.7. The van der Waals surface area contributed by atoms with Crippen LogP contribution in [-0.4, -0.2) is 57.4 Å². The van der Waals surface area contributed by atoms with Crippen LogP contribution in [-0.2, 0) is 16.3 Å². The van der Waals surface area contributed by atoms with Gasteiger partial charge in [0.15, 0.2) is 0 Å². The van der Waals surface area contributed by atoms with Gasteiger partial charge in [0.2, 0.25) is 0 Å². The first-order chi connectivity index (χ1) is 18.6. The van der Waals surface area contributed by atoms with Gasteiger partial charge in [-0.25, -0.2) is 4.68 Å². The van der Waals surface area contributed by atoms with Gasteiger partial charge < -0.3 is 10.1 Å². The van der Waals surface area contributed by atoms with Crippen LogP contribution in [0, 0.1) is 18.3 Å². The van der Waals surface area contributed by atoms with Gasteiger partial charge in [0.25, 0.3) is 5.91 Å². The zero-order chi connectivity index (χ0) is 27.8. The fourth-order valence-electron chi connectivity index (χ4n) is 5.50. The van der Waals surface area contributed by atoms with Crippen LogP contribution in [0.2, 0.25) is 0 Å². The van der Waals surface area contributed by atoms with Gasteiger partial charge in [-0.3, -0.25) is 14.7 Å². The molecule has 2 aliphatic rings. The van der Waals surface area contributed by atoms with Crippen molar-refractivity contribution in [2.75, 3.05) is 25.0 Å². The molecule has 204 valence electrons. The van der Waals surface area contributed by atoms with Gasteiger partial charge in [-0.05, 0) is 69.5 Å². The predicted octanol–water partition coefficient (Wildman–Crippen LogP) is 4.88. The van der Waals surface area contributed by atoms with Crippen molar-refractivity contribution in [3.05, 3.63) is 71.3 Å². The molecule has 2 atom stereocenters. The molecule has 2 saturated heterocycles. The number of benzene rings is 1. The summed E-state index contributed by atoms with van der Waals surface area (Å²) in [5.74, 6) is -0.420. The Hall–Kier alpha value is -3.75. The molecule has 1 N–H and O–H groups in total. The van der Waals surface area contributed by atoms with Gasteiger partial charge in [0, 0.05) is 25.7 Å². The van der Waals surface area contributed by atoms with E-state index in [1.807, 2.05) is 0 Å². The van der Waals surface area contributed by atoms with Crippen molar-refractivity contribution in [3.63, 3.8) is 0 Å². The van der Waals surface area contributed by atoms with E-state index in [-0.39, 0.29) is 11.7 Å². The number of anilines is 1. The van der Waals surface area contributed by atoms with Crippen LogP contribution in [0.15, 0.2) is 48.8 Å². The second kappa shape index (κ2) is 10.4. The molecular weight excluding hydrogens is 509 g/mol. The zero-order valence-corrected chi connectivity index (χ0v) is 21.7. The lowest BCUT2D eigenvalue weighted by molar-refractivity contribution is -0.137. The summed E-state index contributed by atoms with van der Waals surface area (Å²) in [6.07, 6.45) is 1.05. The number of aromatic nitrogens is 3. The van der Waals surface area contributed by atoms with Crippen LogP contribution < -0.4 is 5.32 Å². The standard InChI is InChI=1S/C28H29F3N6O2/c1-18-23(16-34-37(18)22-6-3-20(4-7-22)28(29,30)31)26(38)35-21-5-8-25(33-15-21)27(17-32)10-12-36(13-11-27)24-9-14-39-19(24)2/h3-8,15-16,19,24H,9-14H2,1-2H3,(H,35,38)/t19-,24-/m0/s1. The molecule has 3 aromatic rings. The van der Waals surface area contributed by atoms with Crippen molar-refractivity contribution in [3.8, 4) is 11.8 Å². The first-order valence-electron chi connectivity index (χ1n) is 12.9. The minimum absolute atomic E-state index is 0.200. The minimum Gasteiger partial charge on any atom is -0.377 e. The molecule has 1 amide bonds. The molecule has 5 rings (SSSR count). The highest BCUT2D eigenvalue weighted by Gasteiger charge is 2.41. The number of amides is 1. The lowest BCUT2D eigenvalue weighted by Gasteiger charge is -2.40. The summed E-state index contributed by atoms with van der Waals surface area (Å²) < 4.78 is 45.7. The van der Waals surface area contributed by atoms with Gasteiger partial charge in [0.05, 0.1) is 58.5 Å². The molecule has 0 aliphatic carbocycles. The van der Waals surface area contributed by atoms with E-state index in [9.17, 15) is 23.2 Å². The number of pyridine rings is 1. The third kappa shape index (κ3) is 5.27. The van der Waals surface area contributed by atoms with Gasteiger partial charge in [-0.15, -0.1) is 0 Å². The largest absolute Gasteiger partial charge is 0.416 e. The van der Waals surface area contributed by atoms with E-state index in [1.165, 1.54) is 23.0 Å². The monoisotopic (exact) mass is 538 g/mol. The maximum absolute atomic E-state index is 13.0. The molecule has 0 bridgehead atoms. The van der Waals surface area contributed by atoms with Gasteiger partial charge in [-0.1, -0.05) is 0 Å². The van der Waals surface area contributed by atoms with Crippen molar-refractivity contribution >= 4 is 11.6 Å². The van der Waals surface area contributed by atoms with E-state index >= 15 is 0 Å². The summed E-state index contributed by atoms with van der Waals surface area (Å²) in [5, 5.41) is 17.1. The maximum atomic E-state index is 13.0. The van der Waals surface area contributed by atoms with Crippen LogP contribution in [0.1, 0.15) is 53.5 Å². The Balaban J connectivity index is 1.25. The molecular formula is C28H29F3N6O2. The number of hydrogen-bond donors (Lipinski definition) is 1. The molecule has 0 spiro atoms. The van der Waals surface area contributed by atoms with Crippen molar-refractivity contribution < 1.29 is 22.7 Å². The fourth-order valence-corrected chi connectivity index (χ4v) is 5.50. The smallest absolute Gasteiger partial charge is 0.377 e. The van der Waals surface area contributed by atoms with Crippen LogP contribution in [0.4, 0.5) is 18.9 Å². The van der Waals surface area contributed by atoms with Crippen LogP contribution >= 0.6 is 0 Å². The Bertz CT molecular complexity index is 1370. The molecule has 0 unspecified atom stereocenters. The Labute approximate surface area is 224 Å². The number of nitrogens with one attached hydrogen (secondary N) is 1. The molecule has 2 fully saturated rings. The van der Waals surface area contributed by atoms with Crippen molar-refractivity contribution in [2.45, 2.75) is 56.8 Å². The lowest BCUT2D eigenvalue weighted by Crippen LogP contribution is -2.48. The molecule has 0 saturated carbocycles. The third-order valence-electron chi connectivity index (χ3n) is 7.88. The van der Waals surface area contributed by atoms with E-state index < -0.39 is 23.1 Å². The predicted molar refractivity (Wildman–Crippen MR) is 137 cm³/mol. The number of nitriles is 1. The average molecular weight is 539 g/mol. The molecule has 0 radical (unpaired) electrons. The molecule has 8 nitrogen and oxygen atoms in total. The summed E-state index contributed by atoms with van der Waals surface area (Å²) in [5.41, 5.74) is 0.887. The minimum atomic E-state index is -4.43. The van der Waals surface area contributed by atoms with Crippen molar-refractivity contribution in [1.82, 2.24) is 19.7 Å². The highest BCUT2D eigenvalue weighted by atomic mass is 19.4. The quantitative estimate of drug-likeness (QED) is 0.498. The number of carbonyl (C=O) groups excluding carboxylic acids is 1. The van der Waals surface area contributed by atoms with Crippen LogP contribution in [0.5, 0.6) is 0 Å². The summed E-state index contributed by atoms with van der Waals surface area (Å²) in [7, 11) is 0. The number of alkyl halides is 3. The summed E-state index contributed by atoms with van der Waals surface area (Å²) >= 11 is 0. The third-order valence-corrected chi connectivity index (χ3v) is 7.88. The second-order valence-electron chi connectivity index (χ2n) is 10.1. The number of piperidine rings is 1. The SMILES string of the molecule is Cc1c(C(=O)Nc2ccc(C3(C#N)CCN([C@H]4CCO[C@H]4C)CC3)nc2)cnn1-c1ccc(C(F)(F)F)cc1. The number of hydrogen-bond acceptors (Lipinski definition) is 6. The van der Waals surface area contributed by atoms with E-state index in [1.54, 1.807) is 25.3 Å². The number of ether oxygens (including phenoxy) is 1. The number of rotatable bonds is 5. The van der Waals surface area contributed by atoms with E-state index in [2.05, 4.69) is 33.3 Å². The van der Waals surface area contributed by atoms with Crippen molar-refractivity contribution in [2.24, 2.45) is 0 Å². The van der Waals surface area contributed by atoms with Gasteiger partial charge in [0.1, 0.15) is 5.41 Å². The highest BCUT2D eigenvalue weighted by molar-refractivity contribution is 6.04. The molecule has 39 heavy (non-hydrogen) atoms. The highest BCUT2D eigenvalue weighted by Crippen LogP contribution is 2.36. The topological polar surface area (TPSA) is 96.1 Å². The number of carbonyl (C=O) groups is 1. The Morgan fingerprint density at radius 3 is 2.44 bits per heavy atom. The second-order valence-corrected chi connectivity index (χ2v) is 10.1. The van der Waals surface area contributed by atoms with E-state index in [0.29, 0.717) is 41.6 Å². The van der Waals surface area contributed by atoms with Crippen molar-refractivity contribution in [1.29, 1.82) is 5.26 Å². The number of halogens is 3. The lowest BCUT2D eigenvalue weighted by atomic mass is 9.76. The summed E-state index contributed by atoms with van der Waals surface area (Å²) in [6.45, 7) is 6.14. The number of likely N-dealkylation sites (tertiary alicyclic amines) is 1. The summed E-state index contributed by atoms with van der Waals surface area (Å²) in [4.78, 5) is 19.9. The summed E-state index contributed by atoms with van der Waals surface area (Å²) in [6, 6.07) is 11.0. The Morgan fingerprint density at radius 2 is 1.87 bits per heavy atom. The normalized spacial score (nSPS) is 21.4. The molecule has 2 aromatic heterocycles. The molecule has 11 heteroatoms. The molecule has 1 aromatic carbocycles. The average Bonchev–Trinajstić information content (AvgIpc) is 3.54. The fraction of sp³-hybridized carbons (Fsp3) is 0.429. The van der Waals surface area contributed by atoms with Gasteiger partial charge in [-0.2, -0.15) is 23.5 Å².